The largest absolute Gasteiger partial charge is 0.387 e. The zero-order valence-electron chi connectivity index (χ0n) is 6.11. The minimum absolute atomic E-state index is 0.353. The molecule has 0 bridgehead atoms. The molecule has 0 atom stereocenters. The summed E-state index contributed by atoms with van der Waals surface area (Å²) in [5, 5.41) is 9.20. The molecule has 1 aliphatic rings. The van der Waals surface area contributed by atoms with Crippen LogP contribution in [0.5, 0.6) is 0 Å². The van der Waals surface area contributed by atoms with Gasteiger partial charge in [0.05, 0.1) is 5.60 Å². The molecule has 0 aliphatic carbocycles. The number of hydrogen-bond acceptors (Lipinski definition) is 4. The molecule has 0 aromatic rings. The first-order valence-corrected chi connectivity index (χ1v) is 4.93. The highest BCUT2D eigenvalue weighted by Crippen LogP contribution is 2.44. The van der Waals surface area contributed by atoms with E-state index in [4.69, 9.17) is 9.11 Å². The summed E-state index contributed by atoms with van der Waals surface area (Å²) in [4.78, 5) is 0. The fourth-order valence-electron chi connectivity index (χ4n) is 0.958. The summed E-state index contributed by atoms with van der Waals surface area (Å²) in [5.41, 5.74) is -0.722. The van der Waals surface area contributed by atoms with E-state index < -0.39 is 16.4 Å². The Morgan fingerprint density at radius 1 is 1.40 bits per heavy atom. The zero-order chi connectivity index (χ0) is 7.99. The molecule has 1 aliphatic heterocycles. The summed E-state index contributed by atoms with van der Waals surface area (Å²) in [6.07, 6.45) is 1.36. The predicted octanol–water partition coefficient (Wildman–Crippen LogP) is 0.348. The average Bonchev–Trinajstić information content (AvgIpc) is 1.56. The smallest absolute Gasteiger partial charge is 0.0905 e. The maximum Gasteiger partial charge on any atom is 0.0905 e. The highest BCUT2D eigenvalue weighted by Gasteiger charge is 2.41. The Morgan fingerprint density at radius 3 is 1.90 bits per heavy atom. The van der Waals surface area contributed by atoms with E-state index >= 15 is 0 Å². The summed E-state index contributed by atoms with van der Waals surface area (Å²) in [5.74, 6) is 0. The topological polar surface area (TPSA) is 63.9 Å². The van der Waals surface area contributed by atoms with Crippen LogP contribution in [0.4, 0.5) is 0 Å². The lowest BCUT2D eigenvalue weighted by molar-refractivity contribution is -0.0464. The molecule has 1 saturated heterocycles. The van der Waals surface area contributed by atoms with E-state index in [-0.39, 0.29) is 0 Å². The van der Waals surface area contributed by atoms with Crippen molar-refractivity contribution in [2.75, 3.05) is 19.3 Å². The van der Waals surface area contributed by atoms with Crippen molar-refractivity contribution in [1.82, 2.24) is 4.31 Å². The van der Waals surface area contributed by atoms with Crippen LogP contribution in [0.1, 0.15) is 6.92 Å². The van der Waals surface area contributed by atoms with Crippen LogP contribution >= 0.6 is 10.8 Å². The molecule has 62 valence electrons. The van der Waals surface area contributed by atoms with E-state index in [0.717, 1.165) is 0 Å². The normalized spacial score (nSPS) is 27.7. The van der Waals surface area contributed by atoms with Crippen LogP contribution in [-0.2, 0) is 0 Å². The molecule has 0 spiro atoms. The van der Waals surface area contributed by atoms with Gasteiger partial charge in [-0.1, -0.05) is 0 Å². The maximum atomic E-state index is 9.20. The van der Waals surface area contributed by atoms with Crippen LogP contribution in [0.25, 0.3) is 0 Å². The Labute approximate surface area is 61.9 Å². The van der Waals surface area contributed by atoms with Gasteiger partial charge in [-0.05, 0) is 6.92 Å². The van der Waals surface area contributed by atoms with Crippen molar-refractivity contribution in [3.8, 4) is 0 Å². The van der Waals surface area contributed by atoms with E-state index in [9.17, 15) is 5.11 Å². The minimum atomic E-state index is -2.56. The molecule has 3 N–H and O–H groups in total. The van der Waals surface area contributed by atoms with Crippen LogP contribution < -0.4 is 0 Å². The van der Waals surface area contributed by atoms with Crippen molar-refractivity contribution < 1.29 is 14.2 Å². The standard InChI is InChI=1S/C5H13NO3S/c1-5(7)3-6(4-5)10(2,8)9/h7-9H,3-4H2,1-2H3. The van der Waals surface area contributed by atoms with Gasteiger partial charge in [-0.15, -0.1) is 10.8 Å². The molecule has 0 saturated carbocycles. The molecule has 5 heteroatoms. The van der Waals surface area contributed by atoms with Gasteiger partial charge < -0.3 is 5.11 Å². The Hall–Kier alpha value is 0.190. The third-order valence-corrected chi connectivity index (χ3v) is 2.76. The molecule has 0 radical (unpaired) electrons. The van der Waals surface area contributed by atoms with Crippen LogP contribution in [0.3, 0.4) is 0 Å². The highest BCUT2D eigenvalue weighted by molar-refractivity contribution is 8.21. The molecule has 0 aromatic heterocycles. The first-order valence-electron chi connectivity index (χ1n) is 3.02. The molecule has 10 heavy (non-hydrogen) atoms. The third kappa shape index (κ3) is 1.62. The highest BCUT2D eigenvalue weighted by atomic mass is 32.3. The monoisotopic (exact) mass is 167 g/mol. The Morgan fingerprint density at radius 2 is 1.80 bits per heavy atom. The fourth-order valence-corrected chi connectivity index (χ4v) is 2.00. The Kier molecular flexibility index (Phi) is 1.73. The van der Waals surface area contributed by atoms with E-state index in [1.54, 1.807) is 6.92 Å². The van der Waals surface area contributed by atoms with Gasteiger partial charge in [0.25, 0.3) is 0 Å². The quantitative estimate of drug-likeness (QED) is 0.527. The van der Waals surface area contributed by atoms with Gasteiger partial charge in [-0.25, -0.2) is 4.31 Å². The second-order valence-electron chi connectivity index (χ2n) is 3.09. The van der Waals surface area contributed by atoms with Crippen LogP contribution in [-0.4, -0.2) is 43.5 Å². The predicted molar refractivity (Wildman–Crippen MR) is 41.0 cm³/mol. The van der Waals surface area contributed by atoms with Gasteiger partial charge in [-0.2, -0.15) is 0 Å². The molecule has 1 rings (SSSR count). The van der Waals surface area contributed by atoms with Crippen LogP contribution in [0, 0.1) is 0 Å². The summed E-state index contributed by atoms with van der Waals surface area (Å²) < 4.78 is 19.5. The van der Waals surface area contributed by atoms with Crippen molar-refractivity contribution in [1.29, 1.82) is 0 Å². The van der Waals surface area contributed by atoms with Gasteiger partial charge in [0, 0.05) is 19.3 Å². The van der Waals surface area contributed by atoms with Crippen LogP contribution in [0.15, 0.2) is 0 Å². The minimum Gasteiger partial charge on any atom is -0.387 e. The lowest BCUT2D eigenvalue weighted by Crippen LogP contribution is -2.59. The summed E-state index contributed by atoms with van der Waals surface area (Å²) in [6.45, 7) is 2.38. The van der Waals surface area contributed by atoms with E-state index in [1.807, 2.05) is 0 Å². The molecular weight excluding hydrogens is 154 g/mol. The third-order valence-electron chi connectivity index (χ3n) is 1.52. The lowest BCUT2D eigenvalue weighted by atomic mass is 10.0. The van der Waals surface area contributed by atoms with Crippen molar-refractivity contribution in [2.45, 2.75) is 12.5 Å². The zero-order valence-corrected chi connectivity index (χ0v) is 6.93. The first kappa shape index (κ1) is 8.29. The van der Waals surface area contributed by atoms with Crippen molar-refractivity contribution >= 4 is 10.8 Å². The van der Waals surface area contributed by atoms with E-state index in [2.05, 4.69) is 0 Å². The van der Waals surface area contributed by atoms with Crippen molar-refractivity contribution in [3.05, 3.63) is 0 Å². The number of rotatable bonds is 1. The lowest BCUT2D eigenvalue weighted by Gasteiger charge is -2.52. The number of hydrogen-bond donors (Lipinski definition) is 3. The van der Waals surface area contributed by atoms with Crippen molar-refractivity contribution in [2.24, 2.45) is 0 Å². The number of nitrogens with zero attached hydrogens (tertiary/aromatic N) is 1. The van der Waals surface area contributed by atoms with Gasteiger partial charge in [-0.3, -0.25) is 9.11 Å². The SMILES string of the molecule is CC1(O)CN(S(C)(O)O)C1. The van der Waals surface area contributed by atoms with E-state index in [1.165, 1.54) is 10.6 Å². The molecule has 0 unspecified atom stereocenters. The van der Waals surface area contributed by atoms with Crippen molar-refractivity contribution in [3.63, 3.8) is 0 Å². The van der Waals surface area contributed by atoms with E-state index in [0.29, 0.717) is 13.1 Å². The molecular formula is C5H13NO3S. The van der Waals surface area contributed by atoms with Gasteiger partial charge in [0.1, 0.15) is 0 Å². The fraction of sp³-hybridized carbons (Fsp3) is 1.00. The Bertz CT molecular complexity index is 134. The van der Waals surface area contributed by atoms with Gasteiger partial charge >= 0.3 is 0 Å². The number of β-amino-alcohol motifs (C(OH)–C–C–N with tert-alkyl or cyclic N) is 1. The summed E-state index contributed by atoms with van der Waals surface area (Å²) in [6, 6.07) is 0. The maximum absolute atomic E-state index is 9.20. The average molecular weight is 167 g/mol. The number of aliphatic hydroxyl groups is 1. The molecule has 0 amide bonds. The summed E-state index contributed by atoms with van der Waals surface area (Å²) >= 11 is 0. The van der Waals surface area contributed by atoms with Gasteiger partial charge in [0.15, 0.2) is 0 Å². The second-order valence-corrected chi connectivity index (χ2v) is 5.19. The first-order chi connectivity index (χ1) is 4.31. The Balaban J connectivity index is 2.40. The van der Waals surface area contributed by atoms with Gasteiger partial charge in [0.2, 0.25) is 0 Å². The summed E-state index contributed by atoms with van der Waals surface area (Å²) in [7, 11) is -2.56. The van der Waals surface area contributed by atoms with Crippen LogP contribution in [0.2, 0.25) is 0 Å². The molecule has 0 aromatic carbocycles. The molecule has 1 fully saturated rings. The molecule has 4 nitrogen and oxygen atoms in total. The molecule has 1 heterocycles. The second kappa shape index (κ2) is 2.09.